The quantitative estimate of drug-likeness (QED) is 0.856. The van der Waals surface area contributed by atoms with Crippen LogP contribution in [0.15, 0.2) is 36.9 Å². The summed E-state index contributed by atoms with van der Waals surface area (Å²) in [5, 5.41) is 2.88. The zero-order valence-electron chi connectivity index (χ0n) is 9.77. The molecular weight excluding hydrogens is 214 g/mol. The third kappa shape index (κ3) is 2.47. The van der Waals surface area contributed by atoms with E-state index in [0.717, 1.165) is 16.8 Å². The molecule has 2 rings (SSSR count). The average molecular weight is 227 g/mol. The standard InChI is InChI=1S/C13H13N3O/c1-9-4-3-5-10(2)12(9)16-13(17)11-6-14-8-15-7-11/h3-8H,1-2H3,(H,16,17). The Hall–Kier alpha value is -2.23. The Bertz CT molecular complexity index is 517. The van der Waals surface area contributed by atoms with Gasteiger partial charge in [-0.1, -0.05) is 18.2 Å². The second kappa shape index (κ2) is 4.74. The van der Waals surface area contributed by atoms with Gasteiger partial charge in [0.25, 0.3) is 5.91 Å². The number of hydrogen-bond acceptors (Lipinski definition) is 3. The lowest BCUT2D eigenvalue weighted by atomic mass is 10.1. The summed E-state index contributed by atoms with van der Waals surface area (Å²) < 4.78 is 0. The molecule has 86 valence electrons. The van der Waals surface area contributed by atoms with E-state index < -0.39 is 0 Å². The average Bonchev–Trinajstić information content (AvgIpc) is 2.35. The number of anilines is 1. The second-order valence-electron chi connectivity index (χ2n) is 3.85. The number of hydrogen-bond donors (Lipinski definition) is 1. The lowest BCUT2D eigenvalue weighted by Gasteiger charge is -2.10. The van der Waals surface area contributed by atoms with Crippen LogP contribution in [0.5, 0.6) is 0 Å². The molecule has 0 aliphatic carbocycles. The Morgan fingerprint density at radius 1 is 1.12 bits per heavy atom. The van der Waals surface area contributed by atoms with Crippen molar-refractivity contribution in [3.63, 3.8) is 0 Å². The Morgan fingerprint density at radius 3 is 2.29 bits per heavy atom. The molecule has 0 radical (unpaired) electrons. The maximum absolute atomic E-state index is 11.9. The molecule has 0 aliphatic heterocycles. The van der Waals surface area contributed by atoms with Crippen molar-refractivity contribution in [1.82, 2.24) is 9.97 Å². The van der Waals surface area contributed by atoms with E-state index in [9.17, 15) is 4.79 Å². The Balaban J connectivity index is 2.25. The molecular formula is C13H13N3O. The minimum Gasteiger partial charge on any atom is -0.321 e. The van der Waals surface area contributed by atoms with Gasteiger partial charge in [0.2, 0.25) is 0 Å². The number of nitrogens with zero attached hydrogens (tertiary/aromatic N) is 2. The summed E-state index contributed by atoms with van der Waals surface area (Å²) in [5.41, 5.74) is 3.38. The van der Waals surface area contributed by atoms with Crippen LogP contribution in [0, 0.1) is 13.8 Å². The molecule has 1 N–H and O–H groups in total. The van der Waals surface area contributed by atoms with Gasteiger partial charge in [-0.3, -0.25) is 4.79 Å². The van der Waals surface area contributed by atoms with Crippen LogP contribution < -0.4 is 5.32 Å². The fourth-order valence-electron chi connectivity index (χ4n) is 1.61. The van der Waals surface area contributed by atoms with Crippen molar-refractivity contribution in [3.8, 4) is 0 Å². The van der Waals surface area contributed by atoms with Crippen molar-refractivity contribution in [2.45, 2.75) is 13.8 Å². The molecule has 4 heteroatoms. The van der Waals surface area contributed by atoms with E-state index in [1.54, 1.807) is 0 Å². The lowest BCUT2D eigenvalue weighted by molar-refractivity contribution is 0.102. The molecule has 2 aromatic rings. The molecule has 0 aliphatic rings. The van der Waals surface area contributed by atoms with E-state index in [1.807, 2.05) is 32.0 Å². The van der Waals surface area contributed by atoms with Gasteiger partial charge in [0.1, 0.15) is 6.33 Å². The highest BCUT2D eigenvalue weighted by Gasteiger charge is 2.09. The first kappa shape index (κ1) is 11.3. The van der Waals surface area contributed by atoms with Crippen LogP contribution in [0.25, 0.3) is 0 Å². The molecule has 0 unspecified atom stereocenters. The predicted molar refractivity (Wildman–Crippen MR) is 65.9 cm³/mol. The van der Waals surface area contributed by atoms with Crippen LogP contribution in [0.4, 0.5) is 5.69 Å². The number of aryl methyl sites for hydroxylation is 2. The number of rotatable bonds is 2. The minimum absolute atomic E-state index is 0.192. The van der Waals surface area contributed by atoms with Crippen LogP contribution in [-0.2, 0) is 0 Å². The van der Waals surface area contributed by atoms with Crippen LogP contribution in [-0.4, -0.2) is 15.9 Å². The number of amides is 1. The summed E-state index contributed by atoms with van der Waals surface area (Å²) in [6.07, 6.45) is 4.39. The van der Waals surface area contributed by atoms with E-state index in [0.29, 0.717) is 5.56 Å². The molecule has 0 spiro atoms. The fourth-order valence-corrected chi connectivity index (χ4v) is 1.61. The molecule has 0 saturated carbocycles. The molecule has 0 bridgehead atoms. The molecule has 1 amide bonds. The highest BCUT2D eigenvalue weighted by molar-refractivity contribution is 6.04. The highest BCUT2D eigenvalue weighted by Crippen LogP contribution is 2.19. The summed E-state index contributed by atoms with van der Waals surface area (Å²) in [7, 11) is 0. The van der Waals surface area contributed by atoms with Gasteiger partial charge in [-0.25, -0.2) is 9.97 Å². The number of benzene rings is 1. The lowest BCUT2D eigenvalue weighted by Crippen LogP contribution is -2.14. The van der Waals surface area contributed by atoms with Gasteiger partial charge in [0, 0.05) is 18.1 Å². The van der Waals surface area contributed by atoms with E-state index in [1.165, 1.54) is 18.7 Å². The van der Waals surface area contributed by atoms with E-state index in [4.69, 9.17) is 0 Å². The van der Waals surface area contributed by atoms with Gasteiger partial charge in [-0.15, -0.1) is 0 Å². The largest absolute Gasteiger partial charge is 0.321 e. The molecule has 4 nitrogen and oxygen atoms in total. The first-order valence-corrected chi connectivity index (χ1v) is 5.31. The van der Waals surface area contributed by atoms with Gasteiger partial charge in [-0.2, -0.15) is 0 Å². The van der Waals surface area contributed by atoms with E-state index in [-0.39, 0.29) is 5.91 Å². The molecule has 1 heterocycles. The van der Waals surface area contributed by atoms with Crippen LogP contribution in [0.2, 0.25) is 0 Å². The van der Waals surface area contributed by atoms with Crippen LogP contribution in [0.3, 0.4) is 0 Å². The minimum atomic E-state index is -0.192. The Morgan fingerprint density at radius 2 is 1.71 bits per heavy atom. The van der Waals surface area contributed by atoms with Gasteiger partial charge in [-0.05, 0) is 25.0 Å². The van der Waals surface area contributed by atoms with Gasteiger partial charge < -0.3 is 5.32 Å². The smallest absolute Gasteiger partial charge is 0.258 e. The normalized spacial score (nSPS) is 10.0. The fraction of sp³-hybridized carbons (Fsp3) is 0.154. The molecule has 1 aromatic carbocycles. The van der Waals surface area contributed by atoms with Crippen molar-refractivity contribution in [1.29, 1.82) is 0 Å². The first-order valence-electron chi connectivity index (χ1n) is 5.31. The van der Waals surface area contributed by atoms with Crippen molar-refractivity contribution in [2.24, 2.45) is 0 Å². The monoisotopic (exact) mass is 227 g/mol. The second-order valence-corrected chi connectivity index (χ2v) is 3.85. The topological polar surface area (TPSA) is 54.9 Å². The van der Waals surface area contributed by atoms with Crippen LogP contribution >= 0.6 is 0 Å². The summed E-state index contributed by atoms with van der Waals surface area (Å²) >= 11 is 0. The Labute approximate surface area is 99.7 Å². The molecule has 0 saturated heterocycles. The van der Waals surface area contributed by atoms with E-state index in [2.05, 4.69) is 15.3 Å². The third-order valence-corrected chi connectivity index (χ3v) is 2.54. The van der Waals surface area contributed by atoms with Gasteiger partial charge in [0.15, 0.2) is 0 Å². The highest BCUT2D eigenvalue weighted by atomic mass is 16.1. The van der Waals surface area contributed by atoms with E-state index >= 15 is 0 Å². The number of nitrogens with one attached hydrogen (secondary N) is 1. The van der Waals surface area contributed by atoms with Crippen molar-refractivity contribution < 1.29 is 4.79 Å². The molecule has 17 heavy (non-hydrogen) atoms. The number of para-hydroxylation sites is 1. The maximum atomic E-state index is 11.9. The SMILES string of the molecule is Cc1cccc(C)c1NC(=O)c1cncnc1. The van der Waals surface area contributed by atoms with Gasteiger partial charge in [0.05, 0.1) is 5.56 Å². The number of aromatic nitrogens is 2. The predicted octanol–water partition coefficient (Wildman–Crippen LogP) is 2.35. The maximum Gasteiger partial charge on any atom is 0.258 e. The first-order chi connectivity index (χ1) is 8.18. The van der Waals surface area contributed by atoms with Crippen molar-refractivity contribution >= 4 is 11.6 Å². The molecule has 1 aromatic heterocycles. The summed E-state index contributed by atoms with van der Waals surface area (Å²) in [5.74, 6) is -0.192. The Kier molecular flexibility index (Phi) is 3.14. The summed E-state index contributed by atoms with van der Waals surface area (Å²) in [6.45, 7) is 3.92. The third-order valence-electron chi connectivity index (χ3n) is 2.54. The zero-order chi connectivity index (χ0) is 12.3. The van der Waals surface area contributed by atoms with Crippen molar-refractivity contribution in [3.05, 3.63) is 53.6 Å². The van der Waals surface area contributed by atoms with Crippen LogP contribution in [0.1, 0.15) is 21.5 Å². The molecule has 0 fully saturated rings. The van der Waals surface area contributed by atoms with Gasteiger partial charge >= 0.3 is 0 Å². The van der Waals surface area contributed by atoms with Crippen molar-refractivity contribution in [2.75, 3.05) is 5.32 Å². The number of carbonyl (C=O) groups is 1. The molecule has 0 atom stereocenters. The zero-order valence-corrected chi connectivity index (χ0v) is 9.77. The number of carbonyl (C=O) groups excluding carboxylic acids is 1. The summed E-state index contributed by atoms with van der Waals surface area (Å²) in [6, 6.07) is 5.89. The summed E-state index contributed by atoms with van der Waals surface area (Å²) in [4.78, 5) is 19.6.